The van der Waals surface area contributed by atoms with Crippen LogP contribution in [-0.4, -0.2) is 48.3 Å². The van der Waals surface area contributed by atoms with Crippen molar-refractivity contribution >= 4 is 17.3 Å². The van der Waals surface area contributed by atoms with Crippen molar-refractivity contribution in [1.29, 1.82) is 0 Å². The van der Waals surface area contributed by atoms with E-state index in [1.807, 2.05) is 18.2 Å². The van der Waals surface area contributed by atoms with Gasteiger partial charge in [-0.2, -0.15) is 0 Å². The molecule has 110 valence electrons. The Morgan fingerprint density at radius 3 is 2.40 bits per heavy atom. The van der Waals surface area contributed by atoms with Crippen molar-refractivity contribution in [3.05, 3.63) is 29.3 Å². The number of para-hydroxylation sites is 1. The van der Waals surface area contributed by atoms with Crippen LogP contribution in [0.2, 0.25) is 5.02 Å². The molecule has 2 aliphatic rings. The molecule has 3 nitrogen and oxygen atoms in total. The van der Waals surface area contributed by atoms with E-state index in [0.29, 0.717) is 6.04 Å². The lowest BCUT2D eigenvalue weighted by Gasteiger charge is -2.43. The van der Waals surface area contributed by atoms with Crippen molar-refractivity contribution in [2.75, 3.05) is 31.1 Å². The van der Waals surface area contributed by atoms with Gasteiger partial charge in [0.25, 0.3) is 0 Å². The maximum Gasteiger partial charge on any atom is 0.0695 e. The summed E-state index contributed by atoms with van der Waals surface area (Å²) in [4.78, 5) is 4.82. The second-order valence-electron chi connectivity index (χ2n) is 5.89. The maximum absolute atomic E-state index is 10.2. The summed E-state index contributed by atoms with van der Waals surface area (Å²) in [6.45, 7) is 4.03. The zero-order chi connectivity index (χ0) is 13.9. The Morgan fingerprint density at radius 1 is 1.00 bits per heavy atom. The molecule has 0 spiro atoms. The fourth-order valence-corrected chi connectivity index (χ4v) is 3.78. The van der Waals surface area contributed by atoms with E-state index in [1.165, 1.54) is 12.8 Å². The third-order valence-electron chi connectivity index (χ3n) is 4.67. The van der Waals surface area contributed by atoms with Crippen LogP contribution < -0.4 is 4.90 Å². The fourth-order valence-electron chi connectivity index (χ4n) is 3.52. The molecule has 1 aliphatic carbocycles. The lowest BCUT2D eigenvalue weighted by molar-refractivity contribution is 0.0173. The van der Waals surface area contributed by atoms with E-state index in [9.17, 15) is 5.11 Å². The van der Waals surface area contributed by atoms with Crippen LogP contribution in [0.4, 0.5) is 5.69 Å². The molecule has 2 fully saturated rings. The predicted molar refractivity (Wildman–Crippen MR) is 83.5 cm³/mol. The van der Waals surface area contributed by atoms with Gasteiger partial charge in [0.15, 0.2) is 0 Å². The van der Waals surface area contributed by atoms with Crippen LogP contribution in [0.25, 0.3) is 0 Å². The Balaban J connectivity index is 1.61. The third kappa shape index (κ3) is 2.95. The van der Waals surface area contributed by atoms with Gasteiger partial charge in [0, 0.05) is 32.2 Å². The molecule has 1 aromatic rings. The maximum atomic E-state index is 10.2. The van der Waals surface area contributed by atoms with Gasteiger partial charge in [-0.3, -0.25) is 4.90 Å². The van der Waals surface area contributed by atoms with Crippen molar-refractivity contribution < 1.29 is 5.11 Å². The molecule has 0 bridgehead atoms. The standard InChI is InChI=1S/C16H23ClN2O/c17-13-5-1-2-6-14(13)18-9-11-19(12-10-18)15-7-3-4-8-16(15)20/h1-2,5-6,15-16,20H,3-4,7-12H2/t15-,16-/m1/s1. The number of piperazine rings is 1. The molecule has 1 heterocycles. The van der Waals surface area contributed by atoms with Crippen LogP contribution in [0.5, 0.6) is 0 Å². The van der Waals surface area contributed by atoms with Crippen LogP contribution in [0.1, 0.15) is 25.7 Å². The van der Waals surface area contributed by atoms with Gasteiger partial charge < -0.3 is 10.0 Å². The minimum atomic E-state index is -0.129. The van der Waals surface area contributed by atoms with Gasteiger partial charge in [0.05, 0.1) is 16.8 Å². The van der Waals surface area contributed by atoms with Gasteiger partial charge in [0.2, 0.25) is 0 Å². The quantitative estimate of drug-likeness (QED) is 0.908. The van der Waals surface area contributed by atoms with Gasteiger partial charge in [-0.05, 0) is 25.0 Å². The van der Waals surface area contributed by atoms with Crippen molar-refractivity contribution in [1.82, 2.24) is 4.90 Å². The average Bonchev–Trinajstić information content (AvgIpc) is 2.49. The molecule has 0 amide bonds. The zero-order valence-corrected chi connectivity index (χ0v) is 12.6. The van der Waals surface area contributed by atoms with Gasteiger partial charge in [0.1, 0.15) is 0 Å². The number of hydrogen-bond donors (Lipinski definition) is 1. The Morgan fingerprint density at radius 2 is 1.70 bits per heavy atom. The molecule has 1 aromatic carbocycles. The molecule has 0 unspecified atom stereocenters. The summed E-state index contributed by atoms with van der Waals surface area (Å²) in [5, 5.41) is 11.0. The highest BCUT2D eigenvalue weighted by molar-refractivity contribution is 6.33. The number of hydrogen-bond acceptors (Lipinski definition) is 3. The van der Waals surface area contributed by atoms with Crippen molar-refractivity contribution in [2.45, 2.75) is 37.8 Å². The van der Waals surface area contributed by atoms with E-state index in [0.717, 1.165) is 49.7 Å². The minimum absolute atomic E-state index is 0.129. The van der Waals surface area contributed by atoms with Gasteiger partial charge in [-0.25, -0.2) is 0 Å². The molecule has 1 saturated carbocycles. The van der Waals surface area contributed by atoms with Gasteiger partial charge >= 0.3 is 0 Å². The van der Waals surface area contributed by atoms with Crippen LogP contribution in [0.3, 0.4) is 0 Å². The van der Waals surface area contributed by atoms with E-state index in [4.69, 9.17) is 11.6 Å². The highest BCUT2D eigenvalue weighted by atomic mass is 35.5. The molecule has 1 saturated heterocycles. The Labute approximate surface area is 126 Å². The summed E-state index contributed by atoms with van der Waals surface area (Å²) in [5.41, 5.74) is 1.14. The second-order valence-corrected chi connectivity index (χ2v) is 6.30. The lowest BCUT2D eigenvalue weighted by Crippen LogP contribution is -2.54. The Hall–Kier alpha value is -0.770. The minimum Gasteiger partial charge on any atom is -0.391 e. The Bertz CT molecular complexity index is 446. The average molecular weight is 295 g/mol. The zero-order valence-electron chi connectivity index (χ0n) is 11.8. The first kappa shape index (κ1) is 14.2. The number of aliphatic hydroxyl groups excluding tert-OH is 1. The summed E-state index contributed by atoms with van der Waals surface area (Å²) in [5.74, 6) is 0. The van der Waals surface area contributed by atoms with E-state index in [2.05, 4.69) is 15.9 Å². The number of benzene rings is 1. The number of anilines is 1. The summed E-state index contributed by atoms with van der Waals surface area (Å²) in [6, 6.07) is 8.43. The molecule has 1 aliphatic heterocycles. The van der Waals surface area contributed by atoms with Crippen molar-refractivity contribution in [3.63, 3.8) is 0 Å². The summed E-state index contributed by atoms with van der Waals surface area (Å²) in [7, 11) is 0. The van der Waals surface area contributed by atoms with E-state index in [1.54, 1.807) is 0 Å². The van der Waals surface area contributed by atoms with E-state index < -0.39 is 0 Å². The highest BCUT2D eigenvalue weighted by Crippen LogP contribution is 2.28. The largest absolute Gasteiger partial charge is 0.391 e. The van der Waals surface area contributed by atoms with Crippen molar-refractivity contribution in [2.24, 2.45) is 0 Å². The van der Waals surface area contributed by atoms with Crippen LogP contribution in [0.15, 0.2) is 24.3 Å². The van der Waals surface area contributed by atoms with Crippen LogP contribution in [0, 0.1) is 0 Å². The first-order valence-corrected chi connectivity index (χ1v) is 8.05. The van der Waals surface area contributed by atoms with E-state index in [-0.39, 0.29) is 6.10 Å². The molecule has 1 N–H and O–H groups in total. The summed E-state index contributed by atoms with van der Waals surface area (Å²) < 4.78 is 0. The van der Waals surface area contributed by atoms with Crippen LogP contribution in [-0.2, 0) is 0 Å². The van der Waals surface area contributed by atoms with Crippen LogP contribution >= 0.6 is 11.6 Å². The normalized spacial score (nSPS) is 28.6. The molecule has 20 heavy (non-hydrogen) atoms. The first-order chi connectivity index (χ1) is 9.75. The molecule has 3 rings (SSSR count). The smallest absolute Gasteiger partial charge is 0.0695 e. The molecule has 0 aromatic heterocycles. The monoisotopic (exact) mass is 294 g/mol. The second kappa shape index (κ2) is 6.33. The molecule has 0 radical (unpaired) electrons. The van der Waals surface area contributed by atoms with Crippen molar-refractivity contribution in [3.8, 4) is 0 Å². The Kier molecular flexibility index (Phi) is 4.49. The number of rotatable bonds is 2. The predicted octanol–water partition coefficient (Wildman–Crippen LogP) is 2.77. The van der Waals surface area contributed by atoms with Gasteiger partial charge in [-0.15, -0.1) is 0 Å². The number of aliphatic hydroxyl groups is 1. The highest BCUT2D eigenvalue weighted by Gasteiger charge is 2.31. The number of nitrogens with zero attached hydrogens (tertiary/aromatic N) is 2. The lowest BCUT2D eigenvalue weighted by atomic mass is 9.91. The molecule has 4 heteroatoms. The topological polar surface area (TPSA) is 26.7 Å². The SMILES string of the molecule is O[C@@H]1CCCC[C@H]1N1CCN(c2ccccc2Cl)CC1. The fraction of sp³-hybridized carbons (Fsp3) is 0.625. The van der Waals surface area contributed by atoms with E-state index >= 15 is 0 Å². The summed E-state index contributed by atoms with van der Waals surface area (Å²) in [6.07, 6.45) is 4.42. The molecular weight excluding hydrogens is 272 g/mol. The first-order valence-electron chi connectivity index (χ1n) is 7.67. The molecular formula is C16H23ClN2O. The molecule has 2 atom stereocenters. The number of halogens is 1. The summed E-state index contributed by atoms with van der Waals surface area (Å²) >= 11 is 6.27. The van der Waals surface area contributed by atoms with Gasteiger partial charge in [-0.1, -0.05) is 36.6 Å². The third-order valence-corrected chi connectivity index (χ3v) is 4.99.